The lowest BCUT2D eigenvalue weighted by Crippen LogP contribution is -2.14. The van der Waals surface area contributed by atoms with Crippen molar-refractivity contribution < 1.29 is 24.5 Å². The summed E-state index contributed by atoms with van der Waals surface area (Å²) in [6, 6.07) is 18.8. The van der Waals surface area contributed by atoms with Crippen LogP contribution in [-0.2, 0) is 11.2 Å². The molecule has 0 saturated heterocycles. The molecular weight excluding hydrogens is 492 g/mol. The number of ether oxygens (including phenoxy) is 1. The van der Waals surface area contributed by atoms with Gasteiger partial charge in [0.25, 0.3) is 5.91 Å². The number of carboxylic acids is 1. The van der Waals surface area contributed by atoms with Crippen molar-refractivity contribution >= 4 is 40.1 Å². The maximum absolute atomic E-state index is 13.0. The summed E-state index contributed by atoms with van der Waals surface area (Å²) in [7, 11) is 1.54. The Balaban J connectivity index is 0.000000266. The van der Waals surface area contributed by atoms with Gasteiger partial charge in [-0.3, -0.25) is 14.2 Å². The molecule has 1 aromatic heterocycles. The van der Waals surface area contributed by atoms with Crippen LogP contribution in [0, 0.1) is 6.92 Å². The monoisotopic (exact) mass is 520 g/mol. The van der Waals surface area contributed by atoms with Crippen LogP contribution in [0.1, 0.15) is 28.5 Å². The Morgan fingerprint density at radius 3 is 2.27 bits per heavy atom. The molecule has 37 heavy (non-hydrogen) atoms. The lowest BCUT2D eigenvalue weighted by molar-refractivity contribution is -0.136. The molecule has 4 rings (SSSR count). The SMILES string of the molecule is C=C(C)CNc1ccc(O)cc1.COc1ccc2c(c1)c(CC(=O)O)c(C)n2C(=O)c1ccc(Cl)cc1. The molecule has 0 saturated carbocycles. The fourth-order valence-corrected chi connectivity index (χ4v) is 3.91. The van der Waals surface area contributed by atoms with Crippen LogP contribution in [0.5, 0.6) is 11.5 Å². The van der Waals surface area contributed by atoms with E-state index < -0.39 is 5.97 Å². The number of phenolic OH excluding ortho intramolecular Hbond substituents is 1. The summed E-state index contributed by atoms with van der Waals surface area (Å²) < 4.78 is 6.77. The van der Waals surface area contributed by atoms with Gasteiger partial charge in [-0.25, -0.2) is 0 Å². The number of carboxylic acid groups (broad SMARTS) is 1. The van der Waals surface area contributed by atoms with E-state index in [1.54, 1.807) is 68.6 Å². The number of aromatic hydroxyl groups is 1. The summed E-state index contributed by atoms with van der Waals surface area (Å²) in [5.74, 6) is -0.295. The number of aromatic nitrogens is 1. The lowest BCUT2D eigenvalue weighted by Gasteiger charge is -2.08. The maximum atomic E-state index is 13.0. The van der Waals surface area contributed by atoms with Crippen molar-refractivity contribution in [2.45, 2.75) is 20.3 Å². The number of nitrogens with zero attached hydrogens (tertiary/aromatic N) is 1. The first-order chi connectivity index (χ1) is 17.6. The van der Waals surface area contributed by atoms with Gasteiger partial charge < -0.3 is 20.3 Å². The predicted octanol–water partition coefficient (Wildman–Crippen LogP) is 6.31. The number of aliphatic carboxylic acids is 1. The molecule has 192 valence electrons. The van der Waals surface area contributed by atoms with Gasteiger partial charge in [0.1, 0.15) is 11.5 Å². The van der Waals surface area contributed by atoms with E-state index in [0.717, 1.165) is 17.8 Å². The molecule has 8 heteroatoms. The lowest BCUT2D eigenvalue weighted by atomic mass is 10.1. The van der Waals surface area contributed by atoms with E-state index >= 15 is 0 Å². The van der Waals surface area contributed by atoms with Crippen molar-refractivity contribution in [1.82, 2.24) is 4.57 Å². The van der Waals surface area contributed by atoms with Gasteiger partial charge >= 0.3 is 5.97 Å². The Morgan fingerprint density at radius 2 is 1.70 bits per heavy atom. The number of methoxy groups -OCH3 is 1. The van der Waals surface area contributed by atoms with Gasteiger partial charge in [-0.2, -0.15) is 0 Å². The topological polar surface area (TPSA) is 101 Å². The van der Waals surface area contributed by atoms with Crippen LogP contribution in [0.3, 0.4) is 0 Å². The molecule has 1 heterocycles. The van der Waals surface area contributed by atoms with E-state index in [0.29, 0.717) is 38.5 Å². The van der Waals surface area contributed by atoms with Gasteiger partial charge in [0.2, 0.25) is 0 Å². The maximum Gasteiger partial charge on any atom is 0.307 e. The predicted molar refractivity (Wildman–Crippen MR) is 147 cm³/mol. The van der Waals surface area contributed by atoms with Gasteiger partial charge in [-0.05, 0) is 86.1 Å². The fourth-order valence-electron chi connectivity index (χ4n) is 3.78. The first kappa shape index (κ1) is 27.4. The highest BCUT2D eigenvalue weighted by Crippen LogP contribution is 2.30. The minimum Gasteiger partial charge on any atom is -0.508 e. The zero-order valence-corrected chi connectivity index (χ0v) is 21.7. The second-order valence-electron chi connectivity index (χ2n) is 8.52. The molecule has 0 unspecified atom stereocenters. The zero-order valence-electron chi connectivity index (χ0n) is 20.9. The number of carbonyl (C=O) groups is 2. The van der Waals surface area contributed by atoms with Crippen LogP contribution in [0.2, 0.25) is 5.02 Å². The highest BCUT2D eigenvalue weighted by Gasteiger charge is 2.21. The Bertz CT molecular complexity index is 1420. The Morgan fingerprint density at radius 1 is 1.05 bits per heavy atom. The Hall–Kier alpha value is -4.23. The summed E-state index contributed by atoms with van der Waals surface area (Å²) in [6.45, 7) is 8.26. The normalized spacial score (nSPS) is 10.4. The van der Waals surface area contributed by atoms with Crippen molar-refractivity contribution in [1.29, 1.82) is 0 Å². The van der Waals surface area contributed by atoms with Gasteiger partial charge in [-0.15, -0.1) is 0 Å². The molecule has 0 fully saturated rings. The number of hydrogen-bond acceptors (Lipinski definition) is 5. The highest BCUT2D eigenvalue weighted by atomic mass is 35.5. The number of anilines is 1. The van der Waals surface area contributed by atoms with Crippen LogP contribution in [0.15, 0.2) is 78.9 Å². The molecule has 0 radical (unpaired) electrons. The third kappa shape index (κ3) is 6.92. The molecule has 3 N–H and O–H groups in total. The van der Waals surface area contributed by atoms with Crippen LogP contribution in [0.4, 0.5) is 5.69 Å². The van der Waals surface area contributed by atoms with E-state index in [2.05, 4.69) is 11.9 Å². The van der Waals surface area contributed by atoms with E-state index in [-0.39, 0.29) is 18.1 Å². The minimum atomic E-state index is -0.955. The summed E-state index contributed by atoms with van der Waals surface area (Å²) in [6.07, 6.45) is -0.170. The van der Waals surface area contributed by atoms with E-state index in [9.17, 15) is 14.7 Å². The molecule has 0 aliphatic rings. The number of hydrogen-bond donors (Lipinski definition) is 3. The van der Waals surface area contributed by atoms with Crippen LogP contribution < -0.4 is 10.1 Å². The van der Waals surface area contributed by atoms with Crippen LogP contribution in [-0.4, -0.2) is 40.3 Å². The second kappa shape index (κ2) is 12.1. The third-order valence-electron chi connectivity index (χ3n) is 5.63. The minimum absolute atomic E-state index is 0.170. The van der Waals surface area contributed by atoms with Gasteiger partial charge in [0, 0.05) is 33.9 Å². The van der Waals surface area contributed by atoms with E-state index in [1.165, 1.54) is 4.57 Å². The van der Waals surface area contributed by atoms with Crippen molar-refractivity contribution in [2.75, 3.05) is 19.0 Å². The number of benzene rings is 3. The molecule has 7 nitrogen and oxygen atoms in total. The number of carbonyl (C=O) groups excluding carboxylic acids is 1. The quantitative estimate of drug-likeness (QED) is 0.195. The van der Waals surface area contributed by atoms with Crippen molar-refractivity contribution in [2.24, 2.45) is 0 Å². The van der Waals surface area contributed by atoms with Crippen LogP contribution in [0.25, 0.3) is 10.9 Å². The molecule has 3 aromatic carbocycles. The number of phenols is 1. The largest absolute Gasteiger partial charge is 0.508 e. The van der Waals surface area contributed by atoms with Gasteiger partial charge in [0.15, 0.2) is 0 Å². The number of halogens is 1. The molecule has 4 aromatic rings. The average molecular weight is 521 g/mol. The molecule has 0 amide bonds. The zero-order chi connectivity index (χ0) is 27.1. The van der Waals surface area contributed by atoms with Gasteiger partial charge in [0.05, 0.1) is 19.0 Å². The second-order valence-corrected chi connectivity index (χ2v) is 8.96. The summed E-state index contributed by atoms with van der Waals surface area (Å²) >= 11 is 5.89. The standard InChI is InChI=1S/C19H16ClNO4.C10H13NO/c1-11-15(10-18(22)23)16-9-14(25-2)7-8-17(16)21(11)19(24)12-3-5-13(20)6-4-12;1-8(2)7-11-9-3-5-10(12)6-4-9/h3-9H,10H2,1-2H3,(H,22,23);3-6,11-12H,1,7H2,2H3. The molecule has 0 spiro atoms. The van der Waals surface area contributed by atoms with Crippen molar-refractivity contribution in [3.63, 3.8) is 0 Å². The highest BCUT2D eigenvalue weighted by molar-refractivity contribution is 6.30. The van der Waals surface area contributed by atoms with Crippen molar-refractivity contribution in [3.8, 4) is 11.5 Å². The molecule has 0 aliphatic carbocycles. The summed E-state index contributed by atoms with van der Waals surface area (Å²) in [5.41, 5.74) is 4.41. The smallest absolute Gasteiger partial charge is 0.307 e. The van der Waals surface area contributed by atoms with E-state index in [4.69, 9.17) is 21.4 Å². The Kier molecular flexibility index (Phi) is 8.98. The number of fused-ring (bicyclic) bond motifs is 1. The summed E-state index contributed by atoms with van der Waals surface area (Å²) in [4.78, 5) is 24.3. The molecule has 0 atom stereocenters. The van der Waals surface area contributed by atoms with E-state index in [1.807, 2.05) is 19.1 Å². The summed E-state index contributed by atoms with van der Waals surface area (Å²) in [5, 5.41) is 22.6. The number of rotatable bonds is 7. The molecular formula is C29H29ClN2O5. The third-order valence-corrected chi connectivity index (χ3v) is 5.88. The van der Waals surface area contributed by atoms with Gasteiger partial charge in [-0.1, -0.05) is 23.8 Å². The first-order valence-electron chi connectivity index (χ1n) is 11.5. The average Bonchev–Trinajstić information content (AvgIpc) is 3.14. The van der Waals surface area contributed by atoms with Crippen molar-refractivity contribution in [3.05, 3.63) is 101 Å². The molecule has 0 aliphatic heterocycles. The van der Waals surface area contributed by atoms with Crippen LogP contribution >= 0.6 is 11.6 Å². The first-order valence-corrected chi connectivity index (χ1v) is 11.9. The fraction of sp³-hybridized carbons (Fsp3) is 0.172. The Labute approximate surface area is 220 Å². The number of nitrogens with one attached hydrogen (secondary N) is 1. The molecule has 0 bridgehead atoms.